The second-order valence-electron chi connectivity index (χ2n) is 5.35. The molecule has 0 saturated carbocycles. The fourth-order valence-electron chi connectivity index (χ4n) is 2.64. The van der Waals surface area contributed by atoms with Crippen LogP contribution in [0.1, 0.15) is 5.56 Å². The van der Waals surface area contributed by atoms with E-state index in [9.17, 15) is 9.59 Å². The van der Waals surface area contributed by atoms with Crippen LogP contribution in [-0.2, 0) is 11.2 Å². The fraction of sp³-hybridized carbons (Fsp3) is 0.111. The maximum atomic E-state index is 11.9. The molecule has 1 aliphatic heterocycles. The lowest BCUT2D eigenvalue weighted by Crippen LogP contribution is -2.52. The number of amides is 2. The van der Waals surface area contributed by atoms with Gasteiger partial charge in [-0.3, -0.25) is 15.1 Å². The number of hydrogen-bond acceptors (Lipinski definition) is 4. The normalized spacial score (nSPS) is 19.3. The van der Waals surface area contributed by atoms with Gasteiger partial charge in [-0.2, -0.15) is 0 Å². The lowest BCUT2D eigenvalue weighted by Gasteiger charge is -2.31. The molecule has 0 fully saturated rings. The smallest absolute Gasteiger partial charge is 0.287 e. The summed E-state index contributed by atoms with van der Waals surface area (Å²) in [5, 5.41) is 1.69. The van der Waals surface area contributed by atoms with Crippen molar-refractivity contribution in [2.45, 2.75) is 11.3 Å². The Kier molecular flexibility index (Phi) is 4.69. The molecule has 0 aromatic heterocycles. The zero-order valence-electron chi connectivity index (χ0n) is 12.8. The van der Waals surface area contributed by atoms with E-state index in [4.69, 9.17) is 5.84 Å². The molecule has 1 heterocycles. The molecule has 2 aromatic carbocycles. The molecule has 3 N–H and O–H groups in total. The predicted octanol–water partition coefficient (Wildman–Crippen LogP) is 2.81. The first-order valence-electron chi connectivity index (χ1n) is 7.36. The van der Waals surface area contributed by atoms with Crippen molar-refractivity contribution < 1.29 is 9.59 Å². The third-order valence-electron chi connectivity index (χ3n) is 3.87. The third-order valence-corrected chi connectivity index (χ3v) is 4.94. The van der Waals surface area contributed by atoms with E-state index in [0.717, 1.165) is 16.7 Å². The van der Waals surface area contributed by atoms with Gasteiger partial charge < -0.3 is 0 Å². The van der Waals surface area contributed by atoms with Gasteiger partial charge in [-0.15, -0.1) is 0 Å². The lowest BCUT2D eigenvalue weighted by atomic mass is 10.0. The van der Waals surface area contributed by atoms with Crippen molar-refractivity contribution in [3.8, 4) is 11.1 Å². The summed E-state index contributed by atoms with van der Waals surface area (Å²) in [7, 11) is 0. The average Bonchev–Trinajstić information content (AvgIpc) is 3.06. The number of carbonyl (C=O) groups is 1. The van der Waals surface area contributed by atoms with Crippen LogP contribution in [0.15, 0.2) is 66.2 Å². The SMILES string of the molecule is NNC(=O)N1C=CSC1([C]=O)Cc1ccc(-c2ccccc2)cc1. The molecule has 0 aliphatic carbocycles. The Morgan fingerprint density at radius 2 is 1.79 bits per heavy atom. The van der Waals surface area contributed by atoms with Gasteiger partial charge in [0.05, 0.1) is 0 Å². The molecule has 121 valence electrons. The fourth-order valence-corrected chi connectivity index (χ4v) is 3.60. The number of nitrogens with one attached hydrogen (secondary N) is 1. The van der Waals surface area contributed by atoms with E-state index in [2.05, 4.69) is 5.43 Å². The Hall–Kier alpha value is -2.57. The molecule has 5 nitrogen and oxygen atoms in total. The number of hydrazine groups is 1. The monoisotopic (exact) mass is 338 g/mol. The highest BCUT2D eigenvalue weighted by Gasteiger charge is 2.43. The van der Waals surface area contributed by atoms with Crippen LogP contribution in [0.4, 0.5) is 4.79 Å². The van der Waals surface area contributed by atoms with Crippen molar-refractivity contribution in [1.82, 2.24) is 10.3 Å². The molecule has 1 aliphatic rings. The Balaban J connectivity index is 1.82. The zero-order valence-corrected chi connectivity index (χ0v) is 13.6. The molecule has 1 atom stereocenters. The van der Waals surface area contributed by atoms with E-state index in [0.29, 0.717) is 6.42 Å². The van der Waals surface area contributed by atoms with Crippen LogP contribution in [0.25, 0.3) is 11.1 Å². The van der Waals surface area contributed by atoms with Gasteiger partial charge in [0.15, 0.2) is 4.87 Å². The molecule has 2 aromatic rings. The Labute approximate surface area is 144 Å². The number of carbonyl (C=O) groups excluding carboxylic acids is 2. The van der Waals surface area contributed by atoms with Crippen LogP contribution in [0.5, 0.6) is 0 Å². The lowest BCUT2D eigenvalue weighted by molar-refractivity contribution is 0.205. The number of nitrogens with two attached hydrogens (primary N) is 1. The van der Waals surface area contributed by atoms with Crippen LogP contribution in [0.3, 0.4) is 0 Å². The highest BCUT2D eigenvalue weighted by atomic mass is 32.2. The Morgan fingerprint density at radius 3 is 2.42 bits per heavy atom. The molecule has 1 unspecified atom stereocenters. The summed E-state index contributed by atoms with van der Waals surface area (Å²) < 4.78 is 0. The first-order valence-corrected chi connectivity index (χ1v) is 8.24. The molecule has 0 saturated heterocycles. The number of rotatable bonds is 4. The first-order chi connectivity index (χ1) is 11.7. The predicted molar refractivity (Wildman–Crippen MR) is 95.3 cm³/mol. The van der Waals surface area contributed by atoms with Gasteiger partial charge in [-0.1, -0.05) is 66.4 Å². The second-order valence-corrected chi connectivity index (χ2v) is 6.53. The molecule has 0 spiro atoms. The van der Waals surface area contributed by atoms with Crippen molar-refractivity contribution in [2.24, 2.45) is 5.84 Å². The van der Waals surface area contributed by atoms with Crippen molar-refractivity contribution in [3.63, 3.8) is 0 Å². The third kappa shape index (κ3) is 3.06. The first kappa shape index (κ1) is 16.3. The standard InChI is InChI=1S/C18H16N3O2S/c19-20-17(23)21-10-11-24-18(21,13-22)12-14-6-8-16(9-7-14)15-4-2-1-3-5-15/h1-11H,12,19H2,(H,20,23). The zero-order chi connectivity index (χ0) is 17.0. The number of benzene rings is 2. The summed E-state index contributed by atoms with van der Waals surface area (Å²) in [4.78, 5) is 23.6. The van der Waals surface area contributed by atoms with Crippen molar-refractivity contribution in [2.75, 3.05) is 0 Å². The number of urea groups is 1. The highest BCUT2D eigenvalue weighted by molar-refractivity contribution is 8.04. The van der Waals surface area contributed by atoms with Crippen molar-refractivity contribution in [1.29, 1.82) is 0 Å². The largest absolute Gasteiger partial charge is 0.337 e. The molecule has 2 amide bonds. The molecule has 3 rings (SSSR count). The van der Waals surface area contributed by atoms with E-state index < -0.39 is 10.9 Å². The summed E-state index contributed by atoms with van der Waals surface area (Å²) in [6, 6.07) is 17.4. The van der Waals surface area contributed by atoms with E-state index >= 15 is 0 Å². The molecule has 0 bridgehead atoms. The summed E-state index contributed by atoms with van der Waals surface area (Å²) in [6.45, 7) is 0. The number of hydrogen-bond donors (Lipinski definition) is 2. The van der Waals surface area contributed by atoms with Crippen LogP contribution in [0.2, 0.25) is 0 Å². The summed E-state index contributed by atoms with van der Waals surface area (Å²) in [5.74, 6) is 5.19. The average molecular weight is 338 g/mol. The van der Waals surface area contributed by atoms with Gasteiger partial charge in [0, 0.05) is 12.6 Å². The van der Waals surface area contributed by atoms with Gasteiger partial charge in [-0.25, -0.2) is 10.6 Å². The van der Waals surface area contributed by atoms with Gasteiger partial charge in [0.1, 0.15) is 0 Å². The van der Waals surface area contributed by atoms with Crippen LogP contribution >= 0.6 is 11.8 Å². The molecule has 1 radical (unpaired) electrons. The summed E-state index contributed by atoms with van der Waals surface area (Å²) in [6.07, 6.45) is 3.88. The summed E-state index contributed by atoms with van der Waals surface area (Å²) in [5.41, 5.74) is 5.21. The maximum Gasteiger partial charge on any atom is 0.337 e. The van der Waals surface area contributed by atoms with Gasteiger partial charge >= 0.3 is 6.03 Å². The Bertz CT molecular complexity index is 762. The van der Waals surface area contributed by atoms with Crippen molar-refractivity contribution >= 4 is 24.1 Å². The van der Waals surface area contributed by atoms with E-state index in [-0.39, 0.29) is 0 Å². The van der Waals surface area contributed by atoms with Gasteiger partial charge in [0.25, 0.3) is 0 Å². The van der Waals surface area contributed by atoms with Crippen LogP contribution < -0.4 is 11.3 Å². The molecular weight excluding hydrogens is 322 g/mol. The molecular formula is C18H16N3O2S. The van der Waals surface area contributed by atoms with E-state index in [1.54, 1.807) is 5.41 Å². The van der Waals surface area contributed by atoms with E-state index in [1.165, 1.54) is 22.9 Å². The van der Waals surface area contributed by atoms with Gasteiger partial charge in [-0.05, 0) is 22.1 Å². The quantitative estimate of drug-likeness (QED) is 0.511. The Morgan fingerprint density at radius 1 is 1.12 bits per heavy atom. The maximum absolute atomic E-state index is 11.9. The summed E-state index contributed by atoms with van der Waals surface area (Å²) >= 11 is 1.24. The number of thioether (sulfide) groups is 1. The number of nitrogens with zero attached hydrogens (tertiary/aromatic N) is 1. The minimum atomic E-state index is -1.13. The second kappa shape index (κ2) is 6.90. The minimum absolute atomic E-state index is 0.344. The van der Waals surface area contributed by atoms with E-state index in [1.807, 2.05) is 60.9 Å². The topological polar surface area (TPSA) is 75.4 Å². The molecule has 6 heteroatoms. The minimum Gasteiger partial charge on any atom is -0.287 e. The highest BCUT2D eigenvalue weighted by Crippen LogP contribution is 2.38. The van der Waals surface area contributed by atoms with Crippen LogP contribution in [-0.4, -0.2) is 22.1 Å². The van der Waals surface area contributed by atoms with Gasteiger partial charge in [0.2, 0.25) is 6.29 Å². The van der Waals surface area contributed by atoms with Crippen molar-refractivity contribution in [3.05, 3.63) is 71.8 Å². The molecule has 24 heavy (non-hydrogen) atoms. The van der Waals surface area contributed by atoms with Crippen LogP contribution in [0, 0.1) is 0 Å².